The van der Waals surface area contributed by atoms with Gasteiger partial charge in [0.1, 0.15) is 0 Å². The van der Waals surface area contributed by atoms with Crippen LogP contribution in [-0.4, -0.2) is 35.5 Å². The fourth-order valence-corrected chi connectivity index (χ4v) is 7.22. The summed E-state index contributed by atoms with van der Waals surface area (Å²) in [6.45, 7) is 3.99. The summed E-state index contributed by atoms with van der Waals surface area (Å²) in [5.74, 6) is 2.05. The van der Waals surface area contributed by atoms with E-state index in [0.29, 0.717) is 17.3 Å². The van der Waals surface area contributed by atoms with Gasteiger partial charge in [0.25, 0.3) is 0 Å². The standard InChI is InChI=1S/C26H33N3O3S/c1-4-32-23(30)21-15(2)29(3)25(33)28-22(21)19-5-7-20(8-6-19)27-24(31)26-12-16-9-17(13-26)11-18(10-16)14-26/h5-8,16-18,22H,4,9-14H2,1-3H3,(H,27,31)(H,28,33). The van der Waals surface area contributed by atoms with Crippen LogP contribution in [-0.2, 0) is 14.3 Å². The molecular weight excluding hydrogens is 434 g/mol. The highest BCUT2D eigenvalue weighted by molar-refractivity contribution is 7.80. The van der Waals surface area contributed by atoms with Gasteiger partial charge in [-0.1, -0.05) is 12.1 Å². The van der Waals surface area contributed by atoms with Crippen LogP contribution in [0.15, 0.2) is 35.5 Å². The quantitative estimate of drug-likeness (QED) is 0.489. The molecule has 4 aliphatic carbocycles. The van der Waals surface area contributed by atoms with Crippen molar-refractivity contribution in [3.8, 4) is 0 Å². The van der Waals surface area contributed by atoms with Gasteiger partial charge in [-0.2, -0.15) is 0 Å². The maximum absolute atomic E-state index is 13.4. The molecule has 1 heterocycles. The van der Waals surface area contributed by atoms with Crippen molar-refractivity contribution in [1.29, 1.82) is 0 Å². The number of hydrogen-bond donors (Lipinski definition) is 2. The van der Waals surface area contributed by atoms with Crippen molar-refractivity contribution in [2.75, 3.05) is 19.0 Å². The van der Waals surface area contributed by atoms with Crippen molar-refractivity contribution in [2.24, 2.45) is 23.2 Å². The first-order valence-corrected chi connectivity index (χ1v) is 12.5. The van der Waals surface area contributed by atoms with Crippen LogP contribution in [0.25, 0.3) is 0 Å². The molecule has 4 fully saturated rings. The van der Waals surface area contributed by atoms with Crippen LogP contribution in [0.1, 0.15) is 64.0 Å². The Hall–Kier alpha value is -2.41. The van der Waals surface area contributed by atoms with Crippen molar-refractivity contribution in [2.45, 2.75) is 58.4 Å². The fourth-order valence-electron chi connectivity index (χ4n) is 6.97. The van der Waals surface area contributed by atoms with Gasteiger partial charge in [-0.15, -0.1) is 0 Å². The third-order valence-electron chi connectivity index (χ3n) is 8.27. The molecule has 1 aromatic rings. The number of carbonyl (C=O) groups is 2. The van der Waals surface area contributed by atoms with Crippen molar-refractivity contribution in [3.63, 3.8) is 0 Å². The van der Waals surface area contributed by atoms with E-state index in [4.69, 9.17) is 17.0 Å². The van der Waals surface area contributed by atoms with Crippen LogP contribution >= 0.6 is 12.2 Å². The number of carbonyl (C=O) groups excluding carboxylic acids is 2. The Morgan fingerprint density at radius 1 is 1.12 bits per heavy atom. The van der Waals surface area contributed by atoms with Crippen molar-refractivity contribution < 1.29 is 14.3 Å². The number of nitrogens with zero attached hydrogens (tertiary/aromatic N) is 1. The van der Waals surface area contributed by atoms with Crippen LogP contribution in [0.5, 0.6) is 0 Å². The average Bonchev–Trinajstić information content (AvgIpc) is 2.77. The lowest BCUT2D eigenvalue weighted by Gasteiger charge is -2.55. The van der Waals surface area contributed by atoms with Gasteiger partial charge < -0.3 is 20.3 Å². The number of hydrogen-bond acceptors (Lipinski definition) is 4. The molecule has 1 aliphatic heterocycles. The number of ether oxygens (including phenoxy) is 1. The molecule has 1 aromatic carbocycles. The molecule has 5 aliphatic rings. The molecule has 4 bridgehead atoms. The van der Waals surface area contributed by atoms with Gasteiger partial charge in [0.15, 0.2) is 5.11 Å². The van der Waals surface area contributed by atoms with E-state index in [1.807, 2.05) is 38.2 Å². The summed E-state index contributed by atoms with van der Waals surface area (Å²) in [6.07, 6.45) is 7.11. The molecule has 33 heavy (non-hydrogen) atoms. The molecule has 1 unspecified atom stereocenters. The molecule has 0 saturated heterocycles. The Morgan fingerprint density at radius 2 is 1.70 bits per heavy atom. The van der Waals surface area contributed by atoms with Crippen molar-refractivity contribution >= 4 is 34.9 Å². The van der Waals surface area contributed by atoms with E-state index in [1.54, 1.807) is 11.8 Å². The van der Waals surface area contributed by atoms with Crippen LogP contribution in [0, 0.1) is 23.2 Å². The van der Waals surface area contributed by atoms with Crippen molar-refractivity contribution in [1.82, 2.24) is 10.2 Å². The predicted octanol–water partition coefficient (Wildman–Crippen LogP) is 4.54. The second-order valence-corrected chi connectivity index (χ2v) is 10.8. The summed E-state index contributed by atoms with van der Waals surface area (Å²) in [6, 6.07) is 7.37. The number of benzene rings is 1. The molecule has 6 nitrogen and oxygen atoms in total. The molecule has 176 valence electrons. The molecule has 6 rings (SSSR count). The largest absolute Gasteiger partial charge is 0.463 e. The van der Waals surface area contributed by atoms with E-state index in [-0.39, 0.29) is 23.3 Å². The molecule has 4 saturated carbocycles. The van der Waals surface area contributed by atoms with Gasteiger partial charge in [0.05, 0.1) is 23.6 Å². The van der Waals surface area contributed by atoms with E-state index >= 15 is 0 Å². The predicted molar refractivity (Wildman–Crippen MR) is 131 cm³/mol. The molecule has 7 heteroatoms. The van der Waals surface area contributed by atoms with Crippen LogP contribution in [0.4, 0.5) is 5.69 Å². The summed E-state index contributed by atoms with van der Waals surface area (Å²) in [5.41, 5.74) is 2.86. The Labute approximate surface area is 201 Å². The summed E-state index contributed by atoms with van der Waals surface area (Å²) in [4.78, 5) is 27.9. The third-order valence-corrected chi connectivity index (χ3v) is 8.66. The zero-order chi connectivity index (χ0) is 23.3. The first-order chi connectivity index (χ1) is 15.8. The summed E-state index contributed by atoms with van der Waals surface area (Å²) < 4.78 is 5.32. The molecular formula is C26H33N3O3S. The van der Waals surface area contributed by atoms with E-state index in [1.165, 1.54) is 19.3 Å². The van der Waals surface area contributed by atoms with Gasteiger partial charge in [-0.05, 0) is 100 Å². The van der Waals surface area contributed by atoms with E-state index in [2.05, 4.69) is 10.6 Å². The minimum atomic E-state index is -0.388. The minimum Gasteiger partial charge on any atom is -0.463 e. The number of thiocarbonyl (C=S) groups is 1. The monoisotopic (exact) mass is 467 g/mol. The van der Waals surface area contributed by atoms with Crippen LogP contribution in [0.2, 0.25) is 0 Å². The van der Waals surface area contributed by atoms with Crippen LogP contribution in [0.3, 0.4) is 0 Å². The third kappa shape index (κ3) is 3.94. The zero-order valence-electron chi connectivity index (χ0n) is 19.6. The number of amides is 1. The molecule has 0 aromatic heterocycles. The first kappa shape index (κ1) is 22.4. The minimum absolute atomic E-state index is 0.175. The van der Waals surface area contributed by atoms with Gasteiger partial charge in [-0.3, -0.25) is 4.79 Å². The smallest absolute Gasteiger partial charge is 0.338 e. The highest BCUT2D eigenvalue weighted by Crippen LogP contribution is 2.60. The van der Waals surface area contributed by atoms with Gasteiger partial charge in [-0.25, -0.2) is 4.79 Å². The second kappa shape index (κ2) is 8.42. The molecule has 0 radical (unpaired) electrons. The summed E-state index contributed by atoms with van der Waals surface area (Å²) >= 11 is 5.47. The van der Waals surface area contributed by atoms with Gasteiger partial charge >= 0.3 is 5.97 Å². The van der Waals surface area contributed by atoms with Crippen molar-refractivity contribution in [3.05, 3.63) is 41.1 Å². The molecule has 0 spiro atoms. The number of allylic oxidation sites excluding steroid dienone is 1. The topological polar surface area (TPSA) is 70.7 Å². The SMILES string of the molecule is CCOC(=O)C1=C(C)N(C)C(=S)NC1c1ccc(NC(=O)C23CC4CC(CC(C4)C2)C3)cc1. The summed E-state index contributed by atoms with van der Waals surface area (Å²) in [7, 11) is 1.84. The number of rotatable bonds is 5. The maximum Gasteiger partial charge on any atom is 0.338 e. The van der Waals surface area contributed by atoms with E-state index in [0.717, 1.165) is 54.0 Å². The van der Waals surface area contributed by atoms with E-state index in [9.17, 15) is 9.59 Å². The lowest BCUT2D eigenvalue weighted by molar-refractivity contribution is -0.140. The Balaban J connectivity index is 1.34. The Morgan fingerprint density at radius 3 is 2.24 bits per heavy atom. The zero-order valence-corrected chi connectivity index (χ0v) is 20.5. The number of esters is 1. The molecule has 2 N–H and O–H groups in total. The molecule has 1 atom stereocenters. The number of anilines is 1. The van der Waals surface area contributed by atoms with Crippen LogP contribution < -0.4 is 10.6 Å². The first-order valence-electron chi connectivity index (χ1n) is 12.1. The van der Waals surface area contributed by atoms with Gasteiger partial charge in [0, 0.05) is 18.4 Å². The molecule has 1 amide bonds. The highest BCUT2D eigenvalue weighted by Gasteiger charge is 2.54. The summed E-state index contributed by atoms with van der Waals surface area (Å²) in [5, 5.41) is 7.03. The fraction of sp³-hybridized carbons (Fsp3) is 0.577. The maximum atomic E-state index is 13.4. The number of nitrogens with one attached hydrogen (secondary N) is 2. The lowest BCUT2D eigenvalue weighted by atomic mass is 9.49. The highest BCUT2D eigenvalue weighted by atomic mass is 32.1. The normalized spacial score (nSPS) is 32.6. The Bertz CT molecular complexity index is 981. The van der Waals surface area contributed by atoms with E-state index < -0.39 is 0 Å². The average molecular weight is 468 g/mol. The Kier molecular flexibility index (Phi) is 5.71. The second-order valence-electron chi connectivity index (χ2n) is 10.4. The lowest BCUT2D eigenvalue weighted by Crippen LogP contribution is -2.51. The van der Waals surface area contributed by atoms with Gasteiger partial charge in [0.2, 0.25) is 5.91 Å².